The fourth-order valence-electron chi connectivity index (χ4n) is 3.01. The molecule has 1 aliphatic heterocycles. The third kappa shape index (κ3) is 5.09. The fraction of sp³-hybridized carbons (Fsp3) is 0.333. The molecule has 0 atom stereocenters. The van der Waals surface area contributed by atoms with Crippen molar-refractivity contribution in [2.75, 3.05) is 25.0 Å². The molecule has 0 bridgehead atoms. The van der Waals surface area contributed by atoms with Gasteiger partial charge in [-0.2, -0.15) is 0 Å². The van der Waals surface area contributed by atoms with Crippen LogP contribution in [0.5, 0.6) is 5.75 Å². The van der Waals surface area contributed by atoms with E-state index in [1.54, 1.807) is 0 Å². The van der Waals surface area contributed by atoms with Crippen LogP contribution in [0.25, 0.3) is 0 Å². The second-order valence-electron chi connectivity index (χ2n) is 6.61. The number of hydrogen-bond acceptors (Lipinski definition) is 3. The predicted octanol–water partition coefficient (Wildman–Crippen LogP) is 3.18. The molecule has 1 saturated heterocycles. The molecule has 1 N–H and O–H groups in total. The Morgan fingerprint density at radius 1 is 1.08 bits per heavy atom. The minimum Gasteiger partial charge on any atom is -0.484 e. The van der Waals surface area contributed by atoms with Gasteiger partial charge in [-0.3, -0.25) is 9.59 Å². The first kappa shape index (κ1) is 18.0. The highest BCUT2D eigenvalue weighted by Crippen LogP contribution is 2.15. The lowest BCUT2D eigenvalue weighted by atomic mass is 10.1. The van der Waals surface area contributed by atoms with Gasteiger partial charge in [0.2, 0.25) is 5.91 Å². The van der Waals surface area contributed by atoms with Crippen LogP contribution >= 0.6 is 0 Å². The minimum atomic E-state index is -0.215. The number of ether oxygens (including phenoxy) is 1. The van der Waals surface area contributed by atoms with Crippen molar-refractivity contribution in [3.05, 3.63) is 59.7 Å². The van der Waals surface area contributed by atoms with E-state index < -0.39 is 0 Å². The Kier molecular flexibility index (Phi) is 5.89. The summed E-state index contributed by atoms with van der Waals surface area (Å²) >= 11 is 0. The number of benzene rings is 2. The molecule has 0 radical (unpaired) electrons. The molecule has 1 fully saturated rings. The largest absolute Gasteiger partial charge is 0.484 e. The first-order valence-corrected chi connectivity index (χ1v) is 8.96. The van der Waals surface area contributed by atoms with Crippen molar-refractivity contribution in [1.29, 1.82) is 0 Å². The second-order valence-corrected chi connectivity index (χ2v) is 6.61. The van der Waals surface area contributed by atoms with Gasteiger partial charge in [-0.1, -0.05) is 24.3 Å². The Bertz CT molecular complexity index is 765. The summed E-state index contributed by atoms with van der Waals surface area (Å²) in [4.78, 5) is 26.1. The lowest BCUT2D eigenvalue weighted by Crippen LogP contribution is -2.29. The molecule has 0 aliphatic carbocycles. The van der Waals surface area contributed by atoms with Gasteiger partial charge in [0.25, 0.3) is 5.91 Å². The van der Waals surface area contributed by atoms with Crippen molar-refractivity contribution >= 4 is 17.5 Å². The molecule has 2 aromatic rings. The number of likely N-dealkylation sites (tertiary alicyclic amines) is 1. The maximum atomic E-state index is 12.2. The molecule has 5 nitrogen and oxygen atoms in total. The van der Waals surface area contributed by atoms with Crippen LogP contribution in [0.3, 0.4) is 0 Å². The summed E-state index contributed by atoms with van der Waals surface area (Å²) in [5.41, 5.74) is 2.73. The van der Waals surface area contributed by atoms with E-state index in [4.69, 9.17) is 4.74 Å². The number of nitrogens with zero attached hydrogens (tertiary/aromatic N) is 1. The third-order valence-electron chi connectivity index (χ3n) is 4.41. The van der Waals surface area contributed by atoms with Gasteiger partial charge >= 0.3 is 0 Å². The molecular formula is C21H24N2O3. The summed E-state index contributed by atoms with van der Waals surface area (Å²) in [5.74, 6) is 0.633. The Morgan fingerprint density at radius 3 is 2.50 bits per heavy atom. The van der Waals surface area contributed by atoms with Crippen LogP contribution in [-0.2, 0) is 16.0 Å². The zero-order valence-corrected chi connectivity index (χ0v) is 15.0. The number of anilines is 1. The van der Waals surface area contributed by atoms with Gasteiger partial charge in [-0.05, 0) is 55.2 Å². The highest BCUT2D eigenvalue weighted by Gasteiger charge is 2.17. The lowest BCUT2D eigenvalue weighted by molar-refractivity contribution is -0.129. The Hall–Kier alpha value is -2.82. The summed E-state index contributed by atoms with van der Waals surface area (Å²) in [7, 11) is 0. The van der Waals surface area contributed by atoms with E-state index in [2.05, 4.69) is 5.32 Å². The zero-order valence-electron chi connectivity index (χ0n) is 15.0. The molecule has 2 amide bonds. The van der Waals surface area contributed by atoms with E-state index in [9.17, 15) is 9.59 Å². The van der Waals surface area contributed by atoms with Crippen LogP contribution in [0.15, 0.2) is 48.5 Å². The zero-order chi connectivity index (χ0) is 18.4. The van der Waals surface area contributed by atoms with Crippen molar-refractivity contribution in [2.24, 2.45) is 0 Å². The highest BCUT2D eigenvalue weighted by molar-refractivity contribution is 5.92. The summed E-state index contributed by atoms with van der Waals surface area (Å²) < 4.78 is 5.49. The average Bonchev–Trinajstić information content (AvgIpc) is 3.17. The van der Waals surface area contributed by atoms with Gasteiger partial charge < -0.3 is 15.0 Å². The molecule has 0 unspecified atom stereocenters. The van der Waals surface area contributed by atoms with Crippen LogP contribution < -0.4 is 10.1 Å². The lowest BCUT2D eigenvalue weighted by Gasteiger charge is -2.15. The van der Waals surface area contributed by atoms with Crippen LogP contribution in [0, 0.1) is 6.92 Å². The van der Waals surface area contributed by atoms with Crippen LogP contribution in [-0.4, -0.2) is 36.4 Å². The van der Waals surface area contributed by atoms with Gasteiger partial charge in [0.05, 0.1) is 6.42 Å². The first-order chi connectivity index (χ1) is 12.6. The van der Waals surface area contributed by atoms with Crippen molar-refractivity contribution in [3.63, 3.8) is 0 Å². The van der Waals surface area contributed by atoms with Crippen molar-refractivity contribution < 1.29 is 14.3 Å². The Labute approximate surface area is 154 Å². The molecule has 0 spiro atoms. The number of hydrogen-bond donors (Lipinski definition) is 1. The molecule has 2 aromatic carbocycles. The van der Waals surface area contributed by atoms with E-state index in [0.29, 0.717) is 17.9 Å². The van der Waals surface area contributed by atoms with E-state index in [-0.39, 0.29) is 18.4 Å². The number of aryl methyl sites for hydroxylation is 1. The van der Waals surface area contributed by atoms with Gasteiger partial charge in [0.1, 0.15) is 5.75 Å². The van der Waals surface area contributed by atoms with E-state index in [1.807, 2.05) is 60.4 Å². The summed E-state index contributed by atoms with van der Waals surface area (Å²) in [6, 6.07) is 15.0. The average molecular weight is 352 g/mol. The molecular weight excluding hydrogens is 328 g/mol. The van der Waals surface area contributed by atoms with E-state index in [1.165, 1.54) is 0 Å². The van der Waals surface area contributed by atoms with Crippen molar-refractivity contribution in [3.8, 4) is 5.75 Å². The predicted molar refractivity (Wildman–Crippen MR) is 101 cm³/mol. The Balaban J connectivity index is 1.47. The normalized spacial score (nSPS) is 13.5. The molecule has 1 aliphatic rings. The number of carbonyl (C=O) groups excluding carboxylic acids is 2. The van der Waals surface area contributed by atoms with Gasteiger partial charge in [0.15, 0.2) is 6.61 Å². The van der Waals surface area contributed by atoms with Gasteiger partial charge in [-0.15, -0.1) is 0 Å². The quantitative estimate of drug-likeness (QED) is 0.869. The molecule has 0 aromatic heterocycles. The smallest absolute Gasteiger partial charge is 0.262 e. The van der Waals surface area contributed by atoms with Gasteiger partial charge in [0, 0.05) is 18.8 Å². The standard InChI is InChI=1S/C21H24N2O3/c1-16-5-4-6-19(13-16)26-15-20(24)22-18-9-7-17(8-10-18)14-21(25)23-11-2-3-12-23/h4-10,13H,2-3,11-12,14-15H2,1H3,(H,22,24). The van der Waals surface area contributed by atoms with Crippen LogP contribution in [0.1, 0.15) is 24.0 Å². The second kappa shape index (κ2) is 8.52. The molecule has 1 heterocycles. The van der Waals surface area contributed by atoms with E-state index >= 15 is 0 Å². The number of rotatable bonds is 6. The van der Waals surface area contributed by atoms with E-state index in [0.717, 1.165) is 37.1 Å². The Morgan fingerprint density at radius 2 is 1.81 bits per heavy atom. The monoisotopic (exact) mass is 352 g/mol. The van der Waals surface area contributed by atoms with Crippen molar-refractivity contribution in [2.45, 2.75) is 26.2 Å². The summed E-state index contributed by atoms with van der Waals surface area (Å²) in [5, 5.41) is 2.80. The molecule has 0 saturated carbocycles. The fourth-order valence-corrected chi connectivity index (χ4v) is 3.01. The summed E-state index contributed by atoms with van der Waals surface area (Å²) in [6.07, 6.45) is 2.60. The highest BCUT2D eigenvalue weighted by atomic mass is 16.5. The maximum Gasteiger partial charge on any atom is 0.262 e. The number of carbonyl (C=O) groups is 2. The molecule has 26 heavy (non-hydrogen) atoms. The van der Waals surface area contributed by atoms with Crippen LogP contribution in [0.2, 0.25) is 0 Å². The SMILES string of the molecule is Cc1cccc(OCC(=O)Nc2ccc(CC(=O)N3CCCC3)cc2)c1. The first-order valence-electron chi connectivity index (χ1n) is 8.96. The summed E-state index contributed by atoms with van der Waals surface area (Å²) in [6.45, 7) is 3.67. The minimum absolute atomic E-state index is 0.0430. The van der Waals surface area contributed by atoms with Gasteiger partial charge in [-0.25, -0.2) is 0 Å². The maximum absolute atomic E-state index is 12.2. The molecule has 136 valence electrons. The topological polar surface area (TPSA) is 58.6 Å². The van der Waals surface area contributed by atoms with Crippen LogP contribution in [0.4, 0.5) is 5.69 Å². The third-order valence-corrected chi connectivity index (χ3v) is 4.41. The molecule has 5 heteroatoms. The number of amides is 2. The number of nitrogens with one attached hydrogen (secondary N) is 1. The van der Waals surface area contributed by atoms with Crippen molar-refractivity contribution in [1.82, 2.24) is 4.90 Å². The molecule has 3 rings (SSSR count).